The summed E-state index contributed by atoms with van der Waals surface area (Å²) in [7, 11) is 0. The molecule has 4 nitrogen and oxygen atoms in total. The zero-order chi connectivity index (χ0) is 13.2. The molecule has 0 aromatic carbocycles. The van der Waals surface area contributed by atoms with Gasteiger partial charge in [0.1, 0.15) is 5.15 Å². The first-order valence-electron chi connectivity index (χ1n) is 6.36. The van der Waals surface area contributed by atoms with E-state index in [1.807, 2.05) is 12.3 Å². The van der Waals surface area contributed by atoms with Crippen LogP contribution in [0.25, 0.3) is 11.4 Å². The summed E-state index contributed by atoms with van der Waals surface area (Å²) >= 11 is 6.25. The number of rotatable bonds is 2. The highest BCUT2D eigenvalue weighted by molar-refractivity contribution is 6.30. The molecular formula is C14H14ClN3O. The summed E-state index contributed by atoms with van der Waals surface area (Å²) in [4.78, 5) is 13.2. The molecule has 1 aliphatic rings. The number of hydrogen-bond donors (Lipinski definition) is 0. The fourth-order valence-corrected chi connectivity index (χ4v) is 2.48. The van der Waals surface area contributed by atoms with Crippen LogP contribution in [0.2, 0.25) is 5.15 Å². The second kappa shape index (κ2) is 5.23. The molecule has 1 aliphatic heterocycles. The quantitative estimate of drug-likeness (QED) is 0.791. The minimum absolute atomic E-state index is 0.499. The predicted octanol–water partition coefficient (Wildman–Crippen LogP) is 2.83. The Morgan fingerprint density at radius 3 is 3.11 bits per heavy atom. The van der Waals surface area contributed by atoms with E-state index < -0.39 is 0 Å². The molecule has 0 bridgehead atoms. The molecule has 19 heavy (non-hydrogen) atoms. The summed E-state index contributed by atoms with van der Waals surface area (Å²) in [6, 6.07) is 1.94. The van der Waals surface area contributed by atoms with Gasteiger partial charge in [-0.05, 0) is 18.1 Å². The predicted molar refractivity (Wildman–Crippen MR) is 73.0 cm³/mol. The second-order valence-electron chi connectivity index (χ2n) is 4.45. The van der Waals surface area contributed by atoms with Crippen LogP contribution in [0.5, 0.6) is 0 Å². The highest BCUT2D eigenvalue weighted by atomic mass is 35.5. The molecule has 0 atom stereocenters. The third-order valence-electron chi connectivity index (χ3n) is 3.30. The van der Waals surface area contributed by atoms with E-state index in [0.29, 0.717) is 24.2 Å². The zero-order valence-electron chi connectivity index (χ0n) is 10.7. The minimum atomic E-state index is 0.499. The first-order chi connectivity index (χ1) is 9.29. The van der Waals surface area contributed by atoms with Crippen LogP contribution < -0.4 is 0 Å². The Morgan fingerprint density at radius 2 is 2.26 bits per heavy atom. The van der Waals surface area contributed by atoms with E-state index in [1.54, 1.807) is 6.20 Å². The number of halogens is 1. The van der Waals surface area contributed by atoms with Gasteiger partial charge in [-0.15, -0.1) is 0 Å². The molecule has 3 rings (SSSR count). The first-order valence-corrected chi connectivity index (χ1v) is 6.73. The van der Waals surface area contributed by atoms with E-state index >= 15 is 0 Å². The third-order valence-corrected chi connectivity index (χ3v) is 3.61. The Morgan fingerprint density at radius 1 is 1.37 bits per heavy atom. The van der Waals surface area contributed by atoms with Crippen molar-refractivity contribution in [1.29, 1.82) is 0 Å². The van der Waals surface area contributed by atoms with E-state index in [2.05, 4.69) is 21.9 Å². The third kappa shape index (κ3) is 2.33. The lowest BCUT2D eigenvalue weighted by Gasteiger charge is -2.17. The minimum Gasteiger partial charge on any atom is -0.376 e. The van der Waals surface area contributed by atoms with Crippen molar-refractivity contribution in [3.05, 3.63) is 40.4 Å². The highest BCUT2D eigenvalue weighted by Gasteiger charge is 2.18. The molecule has 2 aromatic heterocycles. The van der Waals surface area contributed by atoms with Crippen molar-refractivity contribution in [1.82, 2.24) is 15.0 Å². The molecule has 0 unspecified atom stereocenters. The number of ether oxygens (including phenoxy) is 1. The van der Waals surface area contributed by atoms with Crippen LogP contribution in [0.1, 0.15) is 23.7 Å². The van der Waals surface area contributed by atoms with Crippen LogP contribution in [-0.4, -0.2) is 21.6 Å². The molecule has 0 fully saturated rings. The zero-order valence-corrected chi connectivity index (χ0v) is 11.4. The first kappa shape index (κ1) is 12.5. The van der Waals surface area contributed by atoms with Crippen LogP contribution in [0.15, 0.2) is 18.5 Å². The van der Waals surface area contributed by atoms with Crippen LogP contribution in [0.4, 0.5) is 0 Å². The molecule has 5 heteroatoms. The second-order valence-corrected chi connectivity index (χ2v) is 4.81. The molecule has 0 radical (unpaired) electrons. The van der Waals surface area contributed by atoms with Crippen molar-refractivity contribution in [2.45, 2.75) is 26.4 Å². The van der Waals surface area contributed by atoms with Gasteiger partial charge in [-0.25, -0.2) is 9.97 Å². The van der Waals surface area contributed by atoms with Crippen LogP contribution in [-0.2, 0) is 24.2 Å². The van der Waals surface area contributed by atoms with Gasteiger partial charge >= 0.3 is 0 Å². The molecule has 0 amide bonds. The number of fused-ring (bicyclic) bond motifs is 1. The maximum atomic E-state index is 6.25. The summed E-state index contributed by atoms with van der Waals surface area (Å²) < 4.78 is 5.39. The number of nitrogens with zero attached hydrogens (tertiary/aromatic N) is 3. The lowest BCUT2D eigenvalue weighted by atomic mass is 10.1. The smallest absolute Gasteiger partial charge is 0.161 e. The molecule has 3 heterocycles. The number of aryl methyl sites for hydroxylation is 1. The Hall–Kier alpha value is -1.52. The van der Waals surface area contributed by atoms with Gasteiger partial charge in [0.25, 0.3) is 0 Å². The van der Waals surface area contributed by atoms with E-state index in [9.17, 15) is 0 Å². The van der Waals surface area contributed by atoms with E-state index in [0.717, 1.165) is 35.2 Å². The highest BCUT2D eigenvalue weighted by Crippen LogP contribution is 2.27. The van der Waals surface area contributed by atoms with E-state index in [4.69, 9.17) is 16.3 Å². The van der Waals surface area contributed by atoms with Gasteiger partial charge < -0.3 is 4.74 Å². The molecule has 0 saturated carbocycles. The van der Waals surface area contributed by atoms with Gasteiger partial charge in [0.2, 0.25) is 0 Å². The van der Waals surface area contributed by atoms with Gasteiger partial charge in [0.15, 0.2) is 5.82 Å². The Labute approximate surface area is 116 Å². The van der Waals surface area contributed by atoms with Gasteiger partial charge in [-0.2, -0.15) is 0 Å². The molecule has 98 valence electrons. The summed E-state index contributed by atoms with van der Waals surface area (Å²) in [6.07, 6.45) is 5.30. The molecule has 0 N–H and O–H groups in total. The number of aromatic nitrogens is 3. The fraction of sp³-hybridized carbons (Fsp3) is 0.357. The molecule has 0 spiro atoms. The summed E-state index contributed by atoms with van der Waals surface area (Å²) in [5.41, 5.74) is 4.06. The Kier molecular flexibility index (Phi) is 3.44. The average Bonchev–Trinajstić information content (AvgIpc) is 2.47. The summed E-state index contributed by atoms with van der Waals surface area (Å²) in [5, 5.41) is 0.499. The largest absolute Gasteiger partial charge is 0.376 e. The lowest BCUT2D eigenvalue weighted by molar-refractivity contribution is 0.109. The average molecular weight is 276 g/mol. The normalized spacial score (nSPS) is 14.2. The van der Waals surface area contributed by atoms with Crippen molar-refractivity contribution in [3.63, 3.8) is 0 Å². The van der Waals surface area contributed by atoms with Gasteiger partial charge in [-0.1, -0.05) is 18.5 Å². The van der Waals surface area contributed by atoms with Crippen LogP contribution >= 0.6 is 11.6 Å². The standard InChI is InChI=1S/C14H14ClN3O/c1-2-9-7-16-5-3-10(9)14-17-12-4-6-19-8-11(12)13(15)18-14/h3,5,7H,2,4,6,8H2,1H3. The SMILES string of the molecule is CCc1cnccc1-c1nc(Cl)c2c(n1)CCOC2. The van der Waals surface area contributed by atoms with Crippen molar-refractivity contribution in [2.75, 3.05) is 6.61 Å². The monoisotopic (exact) mass is 275 g/mol. The molecule has 0 aliphatic carbocycles. The van der Waals surface area contributed by atoms with Crippen LogP contribution in [0.3, 0.4) is 0 Å². The Bertz CT molecular complexity index is 616. The maximum Gasteiger partial charge on any atom is 0.161 e. The summed E-state index contributed by atoms with van der Waals surface area (Å²) in [6.45, 7) is 3.29. The summed E-state index contributed by atoms with van der Waals surface area (Å²) in [5.74, 6) is 0.685. The van der Waals surface area contributed by atoms with Gasteiger partial charge in [0.05, 0.1) is 18.9 Å². The van der Waals surface area contributed by atoms with Crippen molar-refractivity contribution < 1.29 is 4.74 Å². The Balaban J connectivity index is 2.13. The molecule has 0 saturated heterocycles. The van der Waals surface area contributed by atoms with Gasteiger partial charge in [-0.3, -0.25) is 4.98 Å². The molecule has 2 aromatic rings. The fourth-order valence-electron chi connectivity index (χ4n) is 2.24. The van der Waals surface area contributed by atoms with Crippen molar-refractivity contribution in [3.8, 4) is 11.4 Å². The number of hydrogen-bond acceptors (Lipinski definition) is 4. The topological polar surface area (TPSA) is 47.9 Å². The molecular weight excluding hydrogens is 262 g/mol. The van der Waals surface area contributed by atoms with Crippen molar-refractivity contribution in [2.24, 2.45) is 0 Å². The van der Waals surface area contributed by atoms with E-state index in [1.165, 1.54) is 0 Å². The maximum absolute atomic E-state index is 6.25. The van der Waals surface area contributed by atoms with Crippen LogP contribution in [0, 0.1) is 0 Å². The van der Waals surface area contributed by atoms with E-state index in [-0.39, 0.29) is 0 Å². The van der Waals surface area contributed by atoms with Crippen molar-refractivity contribution >= 4 is 11.6 Å². The van der Waals surface area contributed by atoms with Gasteiger partial charge in [0, 0.05) is 29.9 Å². The lowest BCUT2D eigenvalue weighted by Crippen LogP contribution is -2.14. The number of pyridine rings is 1.